The van der Waals surface area contributed by atoms with Crippen molar-refractivity contribution in [2.75, 3.05) is 0 Å². The number of imide groups is 2. The third-order valence-electron chi connectivity index (χ3n) is 4.47. The van der Waals surface area contributed by atoms with Gasteiger partial charge in [-0.1, -0.05) is 54.1 Å². The highest BCUT2D eigenvalue weighted by molar-refractivity contribution is 6.31. The number of hydrogen-bond donors (Lipinski definition) is 2. The number of urea groups is 1. The second kappa shape index (κ2) is 7.77. The summed E-state index contributed by atoms with van der Waals surface area (Å²) in [5, 5.41) is 6.52. The average Bonchev–Trinajstić information content (AvgIpc) is 2.70. The third kappa shape index (κ3) is 3.97. The number of barbiturate groups is 1. The molecular weight excluding hydrogens is 392 g/mol. The summed E-state index contributed by atoms with van der Waals surface area (Å²) in [4.78, 5) is 35.6. The average molecular weight is 407 g/mol. The molecule has 3 aromatic rings. The fraction of sp³-hybridized carbons (Fsp3) is 0.0455. The van der Waals surface area contributed by atoms with Crippen molar-refractivity contribution in [2.45, 2.75) is 6.61 Å². The van der Waals surface area contributed by atoms with Gasteiger partial charge in [-0.2, -0.15) is 0 Å². The molecule has 1 saturated heterocycles. The van der Waals surface area contributed by atoms with Gasteiger partial charge in [0.15, 0.2) is 0 Å². The largest absolute Gasteiger partial charge is 0.488 e. The Bertz CT molecular complexity index is 1150. The van der Waals surface area contributed by atoms with Gasteiger partial charge in [0.2, 0.25) is 0 Å². The zero-order valence-corrected chi connectivity index (χ0v) is 15.8. The Balaban J connectivity index is 1.76. The van der Waals surface area contributed by atoms with Crippen molar-refractivity contribution in [3.05, 3.63) is 82.4 Å². The summed E-state index contributed by atoms with van der Waals surface area (Å²) in [6.07, 6.45) is 1.44. The first-order valence-electron chi connectivity index (χ1n) is 8.78. The van der Waals surface area contributed by atoms with Crippen LogP contribution < -0.4 is 15.4 Å². The van der Waals surface area contributed by atoms with Crippen molar-refractivity contribution in [3.63, 3.8) is 0 Å². The first kappa shape index (κ1) is 18.7. The summed E-state index contributed by atoms with van der Waals surface area (Å²) in [5.74, 6) is -1.01. The molecule has 0 atom stereocenters. The second-order valence-electron chi connectivity index (χ2n) is 6.41. The smallest absolute Gasteiger partial charge is 0.328 e. The molecule has 1 heterocycles. The first-order chi connectivity index (χ1) is 14.0. The molecule has 1 aliphatic rings. The van der Waals surface area contributed by atoms with Crippen LogP contribution in [0, 0.1) is 0 Å². The van der Waals surface area contributed by atoms with E-state index in [4.69, 9.17) is 16.3 Å². The number of benzene rings is 3. The van der Waals surface area contributed by atoms with Crippen LogP contribution >= 0.6 is 11.6 Å². The molecule has 1 aliphatic heterocycles. The van der Waals surface area contributed by atoms with Crippen molar-refractivity contribution in [2.24, 2.45) is 0 Å². The number of hydrogen-bond acceptors (Lipinski definition) is 4. The van der Waals surface area contributed by atoms with E-state index in [9.17, 15) is 14.4 Å². The van der Waals surface area contributed by atoms with E-state index in [2.05, 4.69) is 10.6 Å². The Morgan fingerprint density at radius 2 is 1.55 bits per heavy atom. The molecule has 144 valence electrons. The Labute approximate surface area is 171 Å². The van der Waals surface area contributed by atoms with Crippen molar-refractivity contribution >= 4 is 46.3 Å². The molecule has 1 fully saturated rings. The molecule has 3 aromatic carbocycles. The fourth-order valence-corrected chi connectivity index (χ4v) is 3.17. The molecule has 0 bridgehead atoms. The normalized spacial score (nSPS) is 13.8. The summed E-state index contributed by atoms with van der Waals surface area (Å²) in [5.41, 5.74) is 1.32. The third-order valence-corrected chi connectivity index (χ3v) is 4.72. The van der Waals surface area contributed by atoms with Crippen LogP contribution in [0.15, 0.2) is 66.2 Å². The quantitative estimate of drug-likeness (QED) is 0.509. The van der Waals surface area contributed by atoms with Gasteiger partial charge in [0.1, 0.15) is 17.9 Å². The van der Waals surface area contributed by atoms with Crippen LogP contribution in [0.4, 0.5) is 4.79 Å². The van der Waals surface area contributed by atoms with Crippen LogP contribution in [0.25, 0.3) is 16.8 Å². The molecule has 0 spiro atoms. The topological polar surface area (TPSA) is 84.5 Å². The Hall–Kier alpha value is -3.64. The molecule has 0 unspecified atom stereocenters. The molecule has 0 radical (unpaired) electrons. The number of fused-ring (bicyclic) bond motifs is 1. The number of nitrogens with one attached hydrogen (secondary N) is 2. The fourth-order valence-electron chi connectivity index (χ4n) is 3.04. The number of ether oxygens (including phenoxy) is 1. The van der Waals surface area contributed by atoms with Crippen LogP contribution in [-0.4, -0.2) is 17.8 Å². The van der Waals surface area contributed by atoms with E-state index in [1.165, 1.54) is 6.08 Å². The highest BCUT2D eigenvalue weighted by Gasteiger charge is 2.28. The van der Waals surface area contributed by atoms with Crippen LogP contribution in [0.3, 0.4) is 0 Å². The minimum atomic E-state index is -0.839. The van der Waals surface area contributed by atoms with Gasteiger partial charge in [-0.15, -0.1) is 0 Å². The number of carbonyl (C=O) groups excluding carboxylic acids is 3. The van der Waals surface area contributed by atoms with E-state index >= 15 is 0 Å². The van der Waals surface area contributed by atoms with Gasteiger partial charge in [0.25, 0.3) is 11.8 Å². The first-order valence-corrected chi connectivity index (χ1v) is 9.16. The van der Waals surface area contributed by atoms with Crippen LogP contribution in [0.1, 0.15) is 11.1 Å². The summed E-state index contributed by atoms with van der Waals surface area (Å²) in [6, 6.07) is 17.7. The van der Waals surface area contributed by atoms with E-state index in [0.29, 0.717) is 16.3 Å². The minimum absolute atomic E-state index is 0.169. The number of rotatable bonds is 4. The second-order valence-corrected chi connectivity index (χ2v) is 6.85. The molecule has 0 aliphatic carbocycles. The number of carbonyl (C=O) groups is 3. The van der Waals surface area contributed by atoms with Gasteiger partial charge >= 0.3 is 6.03 Å². The van der Waals surface area contributed by atoms with E-state index in [1.807, 2.05) is 42.5 Å². The molecule has 2 N–H and O–H groups in total. The standard InChI is InChI=1S/C22H15ClN2O4/c23-15-8-5-13(6-9-15)12-29-19-10-7-14-3-1-2-4-16(14)17(19)11-18-20(26)24-22(28)25-21(18)27/h1-11H,12H2,(H2,24,25,26,27,28). The maximum Gasteiger partial charge on any atom is 0.328 e. The van der Waals surface area contributed by atoms with Gasteiger partial charge in [-0.25, -0.2) is 4.79 Å². The SMILES string of the molecule is O=C1NC(=O)C(=Cc2c(OCc3ccc(Cl)cc3)ccc3ccccc23)C(=O)N1. The predicted octanol–water partition coefficient (Wildman–Crippen LogP) is 3.82. The van der Waals surface area contributed by atoms with Crippen LogP contribution in [-0.2, 0) is 16.2 Å². The summed E-state index contributed by atoms with van der Waals surface area (Å²) < 4.78 is 5.99. The molecular formula is C22H15ClN2O4. The van der Waals surface area contributed by atoms with Gasteiger partial charge in [0, 0.05) is 10.6 Å². The lowest BCUT2D eigenvalue weighted by Gasteiger charge is -2.16. The Kier molecular flexibility index (Phi) is 5.01. The van der Waals surface area contributed by atoms with E-state index < -0.39 is 17.8 Å². The van der Waals surface area contributed by atoms with Crippen molar-refractivity contribution in [1.29, 1.82) is 0 Å². The molecule has 29 heavy (non-hydrogen) atoms. The van der Waals surface area contributed by atoms with E-state index in [1.54, 1.807) is 18.2 Å². The highest BCUT2D eigenvalue weighted by atomic mass is 35.5. The van der Waals surface area contributed by atoms with Crippen LogP contribution in [0.5, 0.6) is 5.75 Å². The number of halogens is 1. The van der Waals surface area contributed by atoms with Crippen molar-refractivity contribution in [1.82, 2.24) is 10.6 Å². The Morgan fingerprint density at radius 1 is 0.862 bits per heavy atom. The summed E-state index contributed by atoms with van der Waals surface area (Å²) in [6.45, 7) is 0.280. The minimum Gasteiger partial charge on any atom is -0.488 e. The summed E-state index contributed by atoms with van der Waals surface area (Å²) in [7, 11) is 0. The molecule has 4 amide bonds. The lowest BCUT2D eigenvalue weighted by Crippen LogP contribution is -2.51. The van der Waals surface area contributed by atoms with Crippen LogP contribution in [0.2, 0.25) is 5.02 Å². The molecule has 0 saturated carbocycles. The lowest BCUT2D eigenvalue weighted by atomic mass is 10.00. The van der Waals surface area contributed by atoms with Gasteiger partial charge in [-0.05, 0) is 40.6 Å². The highest BCUT2D eigenvalue weighted by Crippen LogP contribution is 2.31. The maximum absolute atomic E-state index is 12.2. The van der Waals surface area contributed by atoms with Gasteiger partial charge in [-0.3, -0.25) is 20.2 Å². The van der Waals surface area contributed by atoms with Gasteiger partial charge in [0.05, 0.1) is 0 Å². The zero-order chi connectivity index (χ0) is 20.4. The zero-order valence-electron chi connectivity index (χ0n) is 15.1. The van der Waals surface area contributed by atoms with Crippen molar-refractivity contribution < 1.29 is 19.1 Å². The molecule has 6 nitrogen and oxygen atoms in total. The maximum atomic E-state index is 12.2. The summed E-state index contributed by atoms with van der Waals surface area (Å²) >= 11 is 5.92. The van der Waals surface area contributed by atoms with Gasteiger partial charge < -0.3 is 4.74 Å². The van der Waals surface area contributed by atoms with E-state index in [-0.39, 0.29) is 12.2 Å². The molecule has 7 heteroatoms. The van der Waals surface area contributed by atoms with E-state index in [0.717, 1.165) is 16.3 Å². The lowest BCUT2D eigenvalue weighted by molar-refractivity contribution is -0.123. The molecule has 4 rings (SSSR count). The Morgan fingerprint density at radius 3 is 2.28 bits per heavy atom. The van der Waals surface area contributed by atoms with Crippen molar-refractivity contribution in [3.8, 4) is 5.75 Å². The monoisotopic (exact) mass is 406 g/mol. The number of amides is 4. The predicted molar refractivity (Wildman–Crippen MR) is 109 cm³/mol. The molecule has 0 aromatic heterocycles.